The molecule has 19 heavy (non-hydrogen) atoms. The topological polar surface area (TPSA) is 66.5 Å². The number of carbonyl (C=O) groups is 1. The summed E-state index contributed by atoms with van der Waals surface area (Å²) in [5.74, 6) is 0. The van der Waals surface area contributed by atoms with Crippen LogP contribution in [0.15, 0.2) is 41.8 Å². The first kappa shape index (κ1) is 17.3. The van der Waals surface area contributed by atoms with Gasteiger partial charge in [-0.2, -0.15) is 4.31 Å². The number of nitrogens with one attached hydrogen (secondary N) is 1. The molecular weight excluding hydrogens is 264 g/mol. The number of aldehydes is 1. The quantitative estimate of drug-likeness (QED) is 0.660. The van der Waals surface area contributed by atoms with Gasteiger partial charge in [0, 0.05) is 26.3 Å². The second-order valence-electron chi connectivity index (χ2n) is 3.58. The molecule has 0 amide bonds. The molecule has 1 aromatic rings. The first-order valence-electron chi connectivity index (χ1n) is 5.68. The van der Waals surface area contributed by atoms with Gasteiger partial charge < -0.3 is 10.1 Å². The third-order valence-electron chi connectivity index (χ3n) is 2.24. The van der Waals surface area contributed by atoms with Gasteiger partial charge in [-0.1, -0.05) is 6.08 Å². The highest BCUT2D eigenvalue weighted by molar-refractivity contribution is 7.89. The van der Waals surface area contributed by atoms with Crippen molar-refractivity contribution in [2.75, 3.05) is 26.0 Å². The minimum absolute atomic E-state index is 0.288. The summed E-state index contributed by atoms with van der Waals surface area (Å²) in [4.78, 5) is 9.09. The molecule has 0 atom stereocenters. The summed E-state index contributed by atoms with van der Waals surface area (Å²) in [6.45, 7) is 5.27. The summed E-state index contributed by atoms with van der Waals surface area (Å²) in [5.41, 5.74) is 0.880. The predicted molar refractivity (Wildman–Crippen MR) is 77.7 cm³/mol. The lowest BCUT2D eigenvalue weighted by atomic mass is 10.3. The van der Waals surface area contributed by atoms with Crippen molar-refractivity contribution in [1.82, 2.24) is 4.31 Å². The second-order valence-corrected chi connectivity index (χ2v) is 5.63. The molecule has 0 aliphatic rings. The summed E-state index contributed by atoms with van der Waals surface area (Å²) in [6, 6.07) is 6.63. The van der Waals surface area contributed by atoms with Crippen molar-refractivity contribution >= 4 is 22.0 Å². The maximum atomic E-state index is 12.0. The van der Waals surface area contributed by atoms with Crippen molar-refractivity contribution in [1.29, 1.82) is 0 Å². The van der Waals surface area contributed by atoms with E-state index in [1.54, 1.807) is 37.4 Å². The fourth-order valence-electron chi connectivity index (χ4n) is 1.25. The highest BCUT2D eigenvalue weighted by atomic mass is 32.2. The van der Waals surface area contributed by atoms with Gasteiger partial charge in [0.2, 0.25) is 10.0 Å². The molecule has 0 saturated carbocycles. The summed E-state index contributed by atoms with van der Waals surface area (Å²) >= 11 is 0. The zero-order chi connectivity index (χ0) is 14.9. The molecule has 0 spiro atoms. The highest BCUT2D eigenvalue weighted by Gasteiger charge is 2.18. The summed E-state index contributed by atoms with van der Waals surface area (Å²) < 4.78 is 25.2. The van der Waals surface area contributed by atoms with Crippen LogP contribution in [0.1, 0.15) is 6.92 Å². The van der Waals surface area contributed by atoms with Crippen LogP contribution >= 0.6 is 0 Å². The van der Waals surface area contributed by atoms with Gasteiger partial charge in [0.1, 0.15) is 6.29 Å². The van der Waals surface area contributed by atoms with Crippen LogP contribution in [-0.2, 0) is 14.8 Å². The Morgan fingerprint density at radius 1 is 1.32 bits per heavy atom. The van der Waals surface area contributed by atoms with Crippen molar-refractivity contribution in [2.24, 2.45) is 0 Å². The summed E-state index contributed by atoms with van der Waals surface area (Å²) in [5, 5.41) is 2.94. The largest absolute Gasteiger partial charge is 0.388 e. The Morgan fingerprint density at radius 3 is 2.16 bits per heavy atom. The van der Waals surface area contributed by atoms with Gasteiger partial charge in [-0.15, -0.1) is 6.58 Å². The van der Waals surface area contributed by atoms with Gasteiger partial charge in [-0.05, 0) is 31.2 Å². The average Bonchev–Trinajstić information content (AvgIpc) is 2.40. The minimum atomic E-state index is -3.39. The Bertz CT molecular complexity index is 495. The smallest absolute Gasteiger partial charge is 0.243 e. The number of anilines is 1. The van der Waals surface area contributed by atoms with Gasteiger partial charge in [0.15, 0.2) is 0 Å². The number of sulfonamides is 1. The fraction of sp³-hybridized carbons (Fsp3) is 0.308. The van der Waals surface area contributed by atoms with Crippen LogP contribution < -0.4 is 5.32 Å². The normalized spacial score (nSPS) is 10.3. The fourth-order valence-corrected chi connectivity index (χ4v) is 2.40. The van der Waals surface area contributed by atoms with Crippen LogP contribution in [0.5, 0.6) is 0 Å². The van der Waals surface area contributed by atoms with Crippen LogP contribution in [0.25, 0.3) is 0 Å². The first-order valence-corrected chi connectivity index (χ1v) is 7.12. The Balaban J connectivity index is 0.000000982. The SMILES string of the molecule is C=CCN(C)S(=O)(=O)c1ccc(NC)cc1.CC=O. The predicted octanol–water partition coefficient (Wildman–Crippen LogP) is 1.74. The van der Waals surface area contributed by atoms with E-state index in [4.69, 9.17) is 4.79 Å². The number of likely N-dealkylation sites (N-methyl/N-ethyl adjacent to an activating group) is 1. The van der Waals surface area contributed by atoms with Crippen LogP contribution in [0, 0.1) is 0 Å². The molecule has 1 rings (SSSR count). The molecule has 0 aliphatic carbocycles. The van der Waals surface area contributed by atoms with E-state index in [0.29, 0.717) is 6.54 Å². The first-order chi connectivity index (χ1) is 8.93. The van der Waals surface area contributed by atoms with E-state index in [1.165, 1.54) is 18.3 Å². The Kier molecular flexibility index (Phi) is 7.71. The molecule has 5 nitrogen and oxygen atoms in total. The molecule has 106 valence electrons. The maximum absolute atomic E-state index is 12.0. The molecule has 0 fully saturated rings. The van der Waals surface area contributed by atoms with E-state index in [0.717, 1.165) is 12.0 Å². The van der Waals surface area contributed by atoms with Gasteiger partial charge >= 0.3 is 0 Å². The second kappa shape index (κ2) is 8.44. The number of hydrogen-bond acceptors (Lipinski definition) is 4. The number of hydrogen-bond donors (Lipinski definition) is 1. The molecule has 0 radical (unpaired) electrons. The van der Waals surface area contributed by atoms with Crippen LogP contribution in [-0.4, -0.2) is 39.6 Å². The van der Waals surface area contributed by atoms with Crippen LogP contribution in [0.3, 0.4) is 0 Å². The van der Waals surface area contributed by atoms with Gasteiger partial charge in [0.25, 0.3) is 0 Å². The van der Waals surface area contributed by atoms with Crippen LogP contribution in [0.2, 0.25) is 0 Å². The third-order valence-corrected chi connectivity index (χ3v) is 4.07. The highest BCUT2D eigenvalue weighted by Crippen LogP contribution is 2.16. The van der Waals surface area contributed by atoms with Gasteiger partial charge in [-0.3, -0.25) is 0 Å². The molecule has 1 N–H and O–H groups in total. The standard InChI is InChI=1S/C11H16N2O2S.C2H4O/c1-4-9-13(3)16(14,15)11-7-5-10(12-2)6-8-11;1-2-3/h4-8,12H,1,9H2,2-3H3;2H,1H3. The monoisotopic (exact) mass is 284 g/mol. The Labute approximate surface area is 115 Å². The van der Waals surface area contributed by atoms with Gasteiger partial charge in [0.05, 0.1) is 4.90 Å². The summed E-state index contributed by atoms with van der Waals surface area (Å²) in [7, 11) is -0.0760. The van der Waals surface area contributed by atoms with Crippen molar-refractivity contribution in [3.63, 3.8) is 0 Å². The lowest BCUT2D eigenvalue weighted by Gasteiger charge is -2.15. The van der Waals surface area contributed by atoms with E-state index in [1.807, 2.05) is 0 Å². The minimum Gasteiger partial charge on any atom is -0.388 e. The van der Waals surface area contributed by atoms with Gasteiger partial charge in [-0.25, -0.2) is 8.42 Å². The van der Waals surface area contributed by atoms with Crippen LogP contribution in [0.4, 0.5) is 5.69 Å². The average molecular weight is 284 g/mol. The molecular formula is C13H20N2O3S. The molecule has 0 heterocycles. The molecule has 0 unspecified atom stereocenters. The number of nitrogens with zero attached hydrogens (tertiary/aromatic N) is 1. The molecule has 1 aromatic carbocycles. The van der Waals surface area contributed by atoms with Crippen molar-refractivity contribution in [3.05, 3.63) is 36.9 Å². The van der Waals surface area contributed by atoms with Crippen molar-refractivity contribution in [2.45, 2.75) is 11.8 Å². The molecule has 0 bridgehead atoms. The van der Waals surface area contributed by atoms with E-state index >= 15 is 0 Å². The number of benzene rings is 1. The zero-order valence-corrected chi connectivity index (χ0v) is 12.3. The van der Waals surface area contributed by atoms with E-state index in [2.05, 4.69) is 11.9 Å². The molecule has 0 aromatic heterocycles. The van der Waals surface area contributed by atoms with Crippen molar-refractivity contribution in [3.8, 4) is 0 Å². The Morgan fingerprint density at radius 2 is 1.79 bits per heavy atom. The Hall–Kier alpha value is -1.66. The number of rotatable bonds is 5. The number of carbonyl (C=O) groups excluding carboxylic acids is 1. The third kappa shape index (κ3) is 5.23. The molecule has 6 heteroatoms. The summed E-state index contributed by atoms with van der Waals surface area (Å²) in [6.07, 6.45) is 2.31. The van der Waals surface area contributed by atoms with E-state index in [9.17, 15) is 8.42 Å². The van der Waals surface area contributed by atoms with E-state index < -0.39 is 10.0 Å². The molecule has 0 aliphatic heterocycles. The van der Waals surface area contributed by atoms with E-state index in [-0.39, 0.29) is 4.90 Å². The maximum Gasteiger partial charge on any atom is 0.243 e. The van der Waals surface area contributed by atoms with Crippen molar-refractivity contribution < 1.29 is 13.2 Å². The lowest BCUT2D eigenvalue weighted by Crippen LogP contribution is -2.26. The molecule has 0 saturated heterocycles. The lowest BCUT2D eigenvalue weighted by molar-refractivity contribution is -0.106. The zero-order valence-electron chi connectivity index (χ0n) is 11.5.